The maximum absolute atomic E-state index is 11.8. The first-order valence-electron chi connectivity index (χ1n) is 6.18. The van der Waals surface area contributed by atoms with Gasteiger partial charge in [0.2, 0.25) is 0 Å². The molecular formula is C14H9Cl3N2O4. The minimum atomic E-state index is -0.527. The molecule has 0 heterocycles. The first kappa shape index (κ1) is 17.3. The molecule has 0 bridgehead atoms. The molecule has 120 valence electrons. The summed E-state index contributed by atoms with van der Waals surface area (Å²) in [5, 5.41) is 13.8. The summed E-state index contributed by atoms with van der Waals surface area (Å²) in [4.78, 5) is 21.8. The van der Waals surface area contributed by atoms with Crippen molar-refractivity contribution in [2.45, 2.75) is 0 Å². The highest BCUT2D eigenvalue weighted by molar-refractivity contribution is 6.43. The molecule has 0 unspecified atom stereocenters. The van der Waals surface area contributed by atoms with Crippen molar-refractivity contribution in [3.8, 4) is 5.75 Å². The average Bonchev–Trinajstić information content (AvgIpc) is 2.50. The quantitative estimate of drug-likeness (QED) is 0.471. The molecule has 1 N–H and O–H groups in total. The van der Waals surface area contributed by atoms with Crippen LogP contribution in [0.3, 0.4) is 0 Å². The van der Waals surface area contributed by atoms with Gasteiger partial charge in [-0.1, -0.05) is 34.8 Å². The third kappa shape index (κ3) is 4.72. The molecule has 0 aromatic heterocycles. The maximum atomic E-state index is 11.8. The third-order valence-electron chi connectivity index (χ3n) is 2.70. The summed E-state index contributed by atoms with van der Waals surface area (Å²) in [5.74, 6) is -0.235. The summed E-state index contributed by atoms with van der Waals surface area (Å²) < 4.78 is 5.27. The molecule has 0 spiro atoms. The van der Waals surface area contributed by atoms with E-state index in [0.717, 1.165) is 0 Å². The Bertz CT molecular complexity index is 750. The van der Waals surface area contributed by atoms with Crippen molar-refractivity contribution in [2.75, 3.05) is 11.9 Å². The van der Waals surface area contributed by atoms with Gasteiger partial charge in [0, 0.05) is 23.9 Å². The molecule has 9 heteroatoms. The molecule has 1 amide bonds. The number of carbonyl (C=O) groups is 1. The number of benzene rings is 2. The molecule has 0 aliphatic rings. The maximum Gasteiger partial charge on any atom is 0.269 e. The summed E-state index contributed by atoms with van der Waals surface area (Å²) in [6, 6.07) is 8.23. The van der Waals surface area contributed by atoms with Crippen molar-refractivity contribution in [3.63, 3.8) is 0 Å². The normalized spacial score (nSPS) is 10.2. The molecule has 0 atom stereocenters. The first-order chi connectivity index (χ1) is 10.9. The van der Waals surface area contributed by atoms with Gasteiger partial charge in [-0.2, -0.15) is 0 Å². The number of anilines is 1. The van der Waals surface area contributed by atoms with Crippen LogP contribution in [0, 0.1) is 10.1 Å². The van der Waals surface area contributed by atoms with Gasteiger partial charge in [0.1, 0.15) is 5.75 Å². The molecule has 6 nitrogen and oxygen atoms in total. The Morgan fingerprint density at radius 2 is 1.70 bits per heavy atom. The number of nitrogens with zero attached hydrogens (tertiary/aromatic N) is 1. The Hall–Kier alpha value is -2.02. The number of ether oxygens (including phenoxy) is 1. The SMILES string of the molecule is O=C(COc1cc(Cl)c(Cl)cc1Cl)Nc1ccc([N+](=O)[O-])cc1. The van der Waals surface area contributed by atoms with Crippen LogP contribution in [0.15, 0.2) is 36.4 Å². The highest BCUT2D eigenvalue weighted by atomic mass is 35.5. The minimum Gasteiger partial charge on any atom is -0.482 e. The standard InChI is InChI=1S/C14H9Cl3N2O4/c15-10-5-12(17)13(6-11(10)16)23-7-14(20)18-8-1-3-9(4-2-8)19(21)22/h1-6H,7H2,(H,18,20). The number of nitrogens with one attached hydrogen (secondary N) is 1. The summed E-state index contributed by atoms with van der Waals surface area (Å²) in [6.45, 7) is -0.311. The van der Waals surface area contributed by atoms with Crippen LogP contribution in [0.25, 0.3) is 0 Å². The van der Waals surface area contributed by atoms with E-state index in [0.29, 0.717) is 5.69 Å². The number of rotatable bonds is 5. The zero-order valence-corrected chi connectivity index (χ0v) is 13.7. The van der Waals surface area contributed by atoms with Crippen LogP contribution in [0.2, 0.25) is 15.1 Å². The van der Waals surface area contributed by atoms with Crippen LogP contribution in [-0.4, -0.2) is 17.4 Å². The van der Waals surface area contributed by atoms with E-state index in [1.54, 1.807) is 0 Å². The fourth-order valence-electron chi connectivity index (χ4n) is 1.62. The molecule has 0 saturated heterocycles. The molecule has 0 saturated carbocycles. The summed E-state index contributed by atoms with van der Waals surface area (Å²) >= 11 is 17.6. The van der Waals surface area contributed by atoms with Crippen molar-refractivity contribution in [2.24, 2.45) is 0 Å². The highest BCUT2D eigenvalue weighted by Crippen LogP contribution is 2.33. The molecule has 0 aliphatic heterocycles. The van der Waals surface area contributed by atoms with Crippen LogP contribution in [0.1, 0.15) is 0 Å². The Balaban J connectivity index is 1.95. The van der Waals surface area contributed by atoms with Gasteiger partial charge in [-0.15, -0.1) is 0 Å². The lowest BCUT2D eigenvalue weighted by atomic mass is 10.3. The van der Waals surface area contributed by atoms with E-state index in [1.165, 1.54) is 36.4 Å². The molecule has 0 radical (unpaired) electrons. The van der Waals surface area contributed by atoms with E-state index in [9.17, 15) is 14.9 Å². The van der Waals surface area contributed by atoms with E-state index in [-0.39, 0.29) is 33.1 Å². The average molecular weight is 376 g/mol. The van der Waals surface area contributed by atoms with E-state index in [4.69, 9.17) is 39.5 Å². The second-order valence-corrected chi connectivity index (χ2v) is 5.56. The van der Waals surface area contributed by atoms with Gasteiger partial charge in [0.25, 0.3) is 11.6 Å². The van der Waals surface area contributed by atoms with Gasteiger partial charge in [-0.25, -0.2) is 0 Å². The Labute approximate surface area is 146 Å². The summed E-state index contributed by atoms with van der Waals surface area (Å²) in [7, 11) is 0. The number of hydrogen-bond acceptors (Lipinski definition) is 4. The van der Waals surface area contributed by atoms with Crippen molar-refractivity contribution in [1.29, 1.82) is 0 Å². The second kappa shape index (κ2) is 7.50. The monoisotopic (exact) mass is 374 g/mol. The minimum absolute atomic E-state index is 0.0677. The molecule has 23 heavy (non-hydrogen) atoms. The topological polar surface area (TPSA) is 81.5 Å². The predicted octanol–water partition coefficient (Wildman–Crippen LogP) is 4.57. The number of amides is 1. The number of non-ortho nitro benzene ring substituents is 1. The van der Waals surface area contributed by atoms with E-state index in [1.807, 2.05) is 0 Å². The van der Waals surface area contributed by atoms with Gasteiger partial charge in [0.15, 0.2) is 6.61 Å². The fraction of sp³-hybridized carbons (Fsp3) is 0.0714. The van der Waals surface area contributed by atoms with Gasteiger partial charge in [0.05, 0.1) is 20.0 Å². The highest BCUT2D eigenvalue weighted by Gasteiger charge is 2.10. The van der Waals surface area contributed by atoms with Crippen molar-refractivity contribution in [1.82, 2.24) is 0 Å². The molecule has 2 rings (SSSR count). The second-order valence-electron chi connectivity index (χ2n) is 4.34. The van der Waals surface area contributed by atoms with Crippen LogP contribution in [0.5, 0.6) is 5.75 Å². The third-order valence-corrected chi connectivity index (χ3v) is 3.71. The van der Waals surface area contributed by atoms with E-state index >= 15 is 0 Å². The van der Waals surface area contributed by atoms with Gasteiger partial charge < -0.3 is 10.1 Å². The zero-order valence-electron chi connectivity index (χ0n) is 11.4. The zero-order chi connectivity index (χ0) is 17.0. The molecular weight excluding hydrogens is 367 g/mol. The van der Waals surface area contributed by atoms with E-state index in [2.05, 4.69) is 5.32 Å². The number of halogens is 3. The number of carbonyl (C=O) groups excluding carboxylic acids is 1. The van der Waals surface area contributed by atoms with E-state index < -0.39 is 10.8 Å². The summed E-state index contributed by atoms with van der Waals surface area (Å²) in [6.07, 6.45) is 0. The smallest absolute Gasteiger partial charge is 0.269 e. The van der Waals surface area contributed by atoms with Gasteiger partial charge >= 0.3 is 0 Å². The van der Waals surface area contributed by atoms with Gasteiger partial charge in [-0.3, -0.25) is 14.9 Å². The van der Waals surface area contributed by atoms with Crippen molar-refractivity contribution in [3.05, 3.63) is 61.6 Å². The Morgan fingerprint density at radius 3 is 2.30 bits per heavy atom. The van der Waals surface area contributed by atoms with Gasteiger partial charge in [-0.05, 0) is 18.2 Å². The number of nitro groups is 1. The molecule has 0 aliphatic carbocycles. The lowest BCUT2D eigenvalue weighted by Gasteiger charge is -2.09. The van der Waals surface area contributed by atoms with Crippen molar-refractivity contribution < 1.29 is 14.5 Å². The van der Waals surface area contributed by atoms with Crippen LogP contribution >= 0.6 is 34.8 Å². The molecule has 2 aromatic carbocycles. The van der Waals surface area contributed by atoms with Crippen molar-refractivity contribution >= 4 is 52.1 Å². The molecule has 2 aromatic rings. The lowest BCUT2D eigenvalue weighted by molar-refractivity contribution is -0.384. The van der Waals surface area contributed by atoms with Crippen LogP contribution in [0.4, 0.5) is 11.4 Å². The first-order valence-corrected chi connectivity index (χ1v) is 7.32. The largest absolute Gasteiger partial charge is 0.482 e. The fourth-order valence-corrected chi connectivity index (χ4v) is 2.21. The Kier molecular flexibility index (Phi) is 5.65. The summed E-state index contributed by atoms with van der Waals surface area (Å²) in [5.41, 5.74) is 0.339. The predicted molar refractivity (Wildman–Crippen MR) is 88.7 cm³/mol. The lowest BCUT2D eigenvalue weighted by Crippen LogP contribution is -2.20. The van der Waals surface area contributed by atoms with Crippen LogP contribution in [-0.2, 0) is 4.79 Å². The Morgan fingerprint density at radius 1 is 1.09 bits per heavy atom. The van der Waals surface area contributed by atoms with Crippen LogP contribution < -0.4 is 10.1 Å². The number of hydrogen-bond donors (Lipinski definition) is 1. The number of nitro benzene ring substituents is 1. The molecule has 0 fully saturated rings.